The highest BCUT2D eigenvalue weighted by Crippen LogP contribution is 2.09. The van der Waals surface area contributed by atoms with Gasteiger partial charge in [0.05, 0.1) is 0 Å². The van der Waals surface area contributed by atoms with Gasteiger partial charge in [0.1, 0.15) is 10.7 Å². The molecule has 0 aliphatic rings. The molecule has 0 atom stereocenters. The Morgan fingerprint density at radius 3 is 2.50 bits per heavy atom. The zero-order valence-electron chi connectivity index (χ0n) is 12.0. The molecule has 4 N–H and O–H groups in total. The van der Waals surface area contributed by atoms with Crippen LogP contribution in [0.4, 0.5) is 5.82 Å². The van der Waals surface area contributed by atoms with Gasteiger partial charge in [0.15, 0.2) is 0 Å². The Balaban J connectivity index is 2.48. The first-order valence-electron chi connectivity index (χ1n) is 6.68. The number of pyridine rings is 1. The van der Waals surface area contributed by atoms with Crippen molar-refractivity contribution >= 4 is 15.8 Å². The van der Waals surface area contributed by atoms with Gasteiger partial charge in [-0.05, 0) is 38.2 Å². The molecule has 8 heteroatoms. The Labute approximate surface area is 120 Å². The number of hydrogen-bond acceptors (Lipinski definition) is 6. The number of hydrogen-bond donors (Lipinski definition) is 3. The summed E-state index contributed by atoms with van der Waals surface area (Å²) >= 11 is 0. The van der Waals surface area contributed by atoms with E-state index in [9.17, 15) is 8.42 Å². The van der Waals surface area contributed by atoms with E-state index in [-0.39, 0.29) is 4.90 Å². The van der Waals surface area contributed by atoms with Gasteiger partial charge < -0.3 is 10.3 Å². The summed E-state index contributed by atoms with van der Waals surface area (Å²) in [6.45, 7) is 7.42. The van der Waals surface area contributed by atoms with Crippen LogP contribution < -0.4 is 16.0 Å². The lowest BCUT2D eigenvalue weighted by Gasteiger charge is -2.17. The Kier molecular flexibility index (Phi) is 6.86. The van der Waals surface area contributed by atoms with Gasteiger partial charge in [-0.2, -0.15) is 0 Å². The van der Waals surface area contributed by atoms with Gasteiger partial charge >= 0.3 is 0 Å². The third-order valence-corrected chi connectivity index (χ3v) is 4.48. The average molecular weight is 301 g/mol. The molecule has 0 aromatic carbocycles. The lowest BCUT2D eigenvalue weighted by Crippen LogP contribution is -2.30. The summed E-state index contributed by atoms with van der Waals surface area (Å²) in [5.74, 6) is 5.60. The molecular weight excluding hydrogens is 278 g/mol. The molecule has 0 amide bonds. The first-order valence-corrected chi connectivity index (χ1v) is 8.16. The summed E-state index contributed by atoms with van der Waals surface area (Å²) in [4.78, 5) is 6.27. The fourth-order valence-corrected chi connectivity index (χ4v) is 2.78. The highest BCUT2D eigenvalue weighted by molar-refractivity contribution is 7.89. The summed E-state index contributed by atoms with van der Waals surface area (Å²) in [5.41, 5.74) is 2.35. The summed E-state index contributed by atoms with van der Waals surface area (Å²) < 4.78 is 26.6. The third-order valence-electron chi connectivity index (χ3n) is 3.03. The molecule has 1 heterocycles. The van der Waals surface area contributed by atoms with Crippen molar-refractivity contribution in [2.75, 3.05) is 31.6 Å². The van der Waals surface area contributed by atoms with Crippen LogP contribution in [-0.2, 0) is 10.0 Å². The van der Waals surface area contributed by atoms with Crippen molar-refractivity contribution in [3.8, 4) is 0 Å². The summed E-state index contributed by atoms with van der Waals surface area (Å²) in [6.07, 6.45) is 2.05. The van der Waals surface area contributed by atoms with Crippen LogP contribution >= 0.6 is 0 Å². The van der Waals surface area contributed by atoms with E-state index >= 15 is 0 Å². The van der Waals surface area contributed by atoms with Gasteiger partial charge in [-0.15, -0.1) is 0 Å². The number of anilines is 1. The number of sulfonamides is 1. The smallest absolute Gasteiger partial charge is 0.242 e. The van der Waals surface area contributed by atoms with E-state index in [0.29, 0.717) is 12.4 Å². The molecule has 1 rings (SSSR count). The van der Waals surface area contributed by atoms with E-state index in [1.165, 1.54) is 18.3 Å². The minimum absolute atomic E-state index is 0.138. The Hall–Kier alpha value is -1.22. The molecule has 0 fully saturated rings. The molecule has 0 bridgehead atoms. The molecule has 0 saturated carbocycles. The number of nitrogens with one attached hydrogen (secondary N) is 2. The SMILES string of the molecule is CCN(CC)CCCNS(=O)(=O)c1ccc(NN)nc1. The molecule has 1 aromatic rings. The molecule has 1 aromatic heterocycles. The zero-order chi connectivity index (χ0) is 15.0. The molecule has 0 radical (unpaired) electrons. The van der Waals surface area contributed by atoms with Gasteiger partial charge in [0.2, 0.25) is 10.0 Å². The fraction of sp³-hybridized carbons (Fsp3) is 0.583. The van der Waals surface area contributed by atoms with Crippen LogP contribution in [0, 0.1) is 0 Å². The van der Waals surface area contributed by atoms with Crippen molar-refractivity contribution in [3.63, 3.8) is 0 Å². The van der Waals surface area contributed by atoms with E-state index in [0.717, 1.165) is 26.1 Å². The standard InChI is InChI=1S/C12H23N5O2S/c1-3-17(4-2)9-5-8-15-20(18,19)11-6-7-12(16-13)14-10-11/h6-7,10,15H,3-5,8-9,13H2,1-2H3,(H,14,16). The van der Waals surface area contributed by atoms with E-state index in [1.54, 1.807) is 0 Å². The Morgan fingerprint density at radius 1 is 1.30 bits per heavy atom. The minimum Gasteiger partial charge on any atom is -0.308 e. The highest BCUT2D eigenvalue weighted by atomic mass is 32.2. The first-order chi connectivity index (χ1) is 9.53. The predicted octanol–water partition coefficient (Wildman–Crippen LogP) is 0.377. The fourth-order valence-electron chi connectivity index (χ4n) is 1.76. The van der Waals surface area contributed by atoms with Crippen LogP contribution in [0.15, 0.2) is 23.2 Å². The maximum Gasteiger partial charge on any atom is 0.242 e. The largest absolute Gasteiger partial charge is 0.308 e. The average Bonchev–Trinajstić information content (AvgIpc) is 2.47. The Morgan fingerprint density at radius 2 is 2.00 bits per heavy atom. The van der Waals surface area contributed by atoms with Crippen molar-refractivity contribution in [3.05, 3.63) is 18.3 Å². The van der Waals surface area contributed by atoms with Crippen molar-refractivity contribution < 1.29 is 8.42 Å². The van der Waals surface area contributed by atoms with Gasteiger partial charge in [0, 0.05) is 12.7 Å². The van der Waals surface area contributed by atoms with Gasteiger partial charge in [-0.1, -0.05) is 13.8 Å². The summed E-state index contributed by atoms with van der Waals surface area (Å²) in [7, 11) is -3.50. The van der Waals surface area contributed by atoms with Crippen LogP contribution in [0.3, 0.4) is 0 Å². The topological polar surface area (TPSA) is 100 Å². The van der Waals surface area contributed by atoms with E-state index in [2.05, 4.69) is 33.9 Å². The second kappa shape index (κ2) is 8.15. The second-order valence-corrected chi connectivity index (χ2v) is 6.07. The first kappa shape index (κ1) is 16.8. The predicted molar refractivity (Wildman–Crippen MR) is 79.6 cm³/mol. The van der Waals surface area contributed by atoms with Gasteiger partial charge in [-0.25, -0.2) is 24.0 Å². The maximum absolute atomic E-state index is 12.0. The molecule has 0 saturated heterocycles. The van der Waals surface area contributed by atoms with Crippen molar-refractivity contribution in [1.29, 1.82) is 0 Å². The molecule has 0 unspecified atom stereocenters. The molecule has 114 valence electrons. The Bertz CT molecular complexity index is 485. The molecule has 7 nitrogen and oxygen atoms in total. The quantitative estimate of drug-likeness (QED) is 0.346. The van der Waals surface area contributed by atoms with E-state index < -0.39 is 10.0 Å². The second-order valence-electron chi connectivity index (χ2n) is 4.30. The van der Waals surface area contributed by atoms with Crippen LogP contribution in [0.1, 0.15) is 20.3 Å². The van der Waals surface area contributed by atoms with Crippen molar-refractivity contribution in [1.82, 2.24) is 14.6 Å². The summed E-state index contributed by atoms with van der Waals surface area (Å²) in [5, 5.41) is 0. The van der Waals surface area contributed by atoms with Crippen LogP contribution in [-0.4, -0.2) is 44.5 Å². The number of rotatable bonds is 9. The normalized spacial score (nSPS) is 11.8. The zero-order valence-corrected chi connectivity index (χ0v) is 12.8. The van der Waals surface area contributed by atoms with E-state index in [4.69, 9.17) is 5.84 Å². The number of aromatic nitrogens is 1. The molecule has 0 spiro atoms. The molecule has 0 aliphatic heterocycles. The maximum atomic E-state index is 12.0. The van der Waals surface area contributed by atoms with E-state index in [1.807, 2.05) is 0 Å². The lowest BCUT2D eigenvalue weighted by molar-refractivity contribution is 0.300. The number of hydrazine groups is 1. The van der Waals surface area contributed by atoms with Gasteiger partial charge in [0.25, 0.3) is 0 Å². The van der Waals surface area contributed by atoms with Crippen LogP contribution in [0.2, 0.25) is 0 Å². The summed E-state index contributed by atoms with van der Waals surface area (Å²) in [6, 6.07) is 2.99. The van der Waals surface area contributed by atoms with Crippen LogP contribution in [0.5, 0.6) is 0 Å². The number of nitrogen functional groups attached to an aromatic ring is 1. The van der Waals surface area contributed by atoms with Crippen molar-refractivity contribution in [2.24, 2.45) is 5.84 Å². The minimum atomic E-state index is -3.50. The molecule has 0 aliphatic carbocycles. The monoisotopic (exact) mass is 301 g/mol. The number of nitrogens with two attached hydrogens (primary N) is 1. The third kappa shape index (κ3) is 5.04. The lowest BCUT2D eigenvalue weighted by atomic mass is 10.4. The van der Waals surface area contributed by atoms with Crippen LogP contribution in [0.25, 0.3) is 0 Å². The van der Waals surface area contributed by atoms with Crippen molar-refractivity contribution in [2.45, 2.75) is 25.2 Å². The molecular formula is C12H23N5O2S. The molecule has 20 heavy (non-hydrogen) atoms. The number of nitrogens with zero attached hydrogens (tertiary/aromatic N) is 2. The van der Waals surface area contributed by atoms with Gasteiger partial charge in [-0.3, -0.25) is 0 Å². The highest BCUT2D eigenvalue weighted by Gasteiger charge is 2.13.